The fraction of sp³-hybridized carbons (Fsp3) is 0.333. The van der Waals surface area contributed by atoms with Gasteiger partial charge >= 0.3 is 0 Å². The standard InChI is InChI=1S/C18H21N3O3/c1-21(11-7-14-4-8-19-9-5-14)18(22)6-10-20-15-2-3-16-17(12-15)24-13-23-16/h2-5,8-9,12,20H,6-7,10-11,13H2,1H3. The number of amides is 1. The number of benzene rings is 1. The van der Waals surface area contributed by atoms with Gasteiger partial charge in [0.1, 0.15) is 0 Å². The fourth-order valence-corrected chi connectivity index (χ4v) is 2.48. The molecule has 0 radical (unpaired) electrons. The number of anilines is 1. The molecule has 1 aromatic carbocycles. The highest BCUT2D eigenvalue weighted by Crippen LogP contribution is 2.34. The highest BCUT2D eigenvalue weighted by molar-refractivity contribution is 5.76. The van der Waals surface area contributed by atoms with Crippen molar-refractivity contribution in [3.05, 3.63) is 48.3 Å². The number of rotatable bonds is 7. The van der Waals surface area contributed by atoms with Gasteiger partial charge in [0.05, 0.1) is 0 Å². The van der Waals surface area contributed by atoms with E-state index in [0.717, 1.165) is 23.6 Å². The molecule has 0 unspecified atom stereocenters. The minimum Gasteiger partial charge on any atom is -0.454 e. The molecule has 1 N–H and O–H groups in total. The number of carbonyl (C=O) groups is 1. The molecule has 0 spiro atoms. The average molecular weight is 327 g/mol. The van der Waals surface area contributed by atoms with Gasteiger partial charge in [0, 0.05) is 50.7 Å². The van der Waals surface area contributed by atoms with Crippen molar-refractivity contribution in [2.45, 2.75) is 12.8 Å². The topological polar surface area (TPSA) is 63.7 Å². The lowest BCUT2D eigenvalue weighted by Gasteiger charge is -2.17. The van der Waals surface area contributed by atoms with Gasteiger partial charge < -0.3 is 19.7 Å². The van der Waals surface area contributed by atoms with E-state index in [1.807, 2.05) is 37.4 Å². The number of likely N-dealkylation sites (N-methyl/N-ethyl adjacent to an activating group) is 1. The number of ether oxygens (including phenoxy) is 2. The Morgan fingerprint density at radius 2 is 2.00 bits per heavy atom. The maximum Gasteiger partial charge on any atom is 0.231 e. The van der Waals surface area contributed by atoms with Crippen molar-refractivity contribution in [2.24, 2.45) is 0 Å². The molecule has 0 atom stereocenters. The van der Waals surface area contributed by atoms with Crippen LogP contribution in [0.15, 0.2) is 42.7 Å². The SMILES string of the molecule is CN(CCc1ccncc1)C(=O)CCNc1ccc2c(c1)OCO2. The van der Waals surface area contributed by atoms with Gasteiger partial charge in [-0.15, -0.1) is 0 Å². The number of pyridine rings is 1. The van der Waals surface area contributed by atoms with Gasteiger partial charge in [-0.05, 0) is 36.2 Å². The highest BCUT2D eigenvalue weighted by atomic mass is 16.7. The van der Waals surface area contributed by atoms with Crippen LogP contribution in [0.1, 0.15) is 12.0 Å². The third-order valence-corrected chi connectivity index (χ3v) is 3.95. The summed E-state index contributed by atoms with van der Waals surface area (Å²) >= 11 is 0. The van der Waals surface area contributed by atoms with Crippen LogP contribution in [0.2, 0.25) is 0 Å². The molecule has 0 saturated heterocycles. The summed E-state index contributed by atoms with van der Waals surface area (Å²) in [6.45, 7) is 1.55. The van der Waals surface area contributed by atoms with Crippen molar-refractivity contribution >= 4 is 11.6 Å². The Balaban J connectivity index is 1.40. The van der Waals surface area contributed by atoms with E-state index in [9.17, 15) is 4.79 Å². The third kappa shape index (κ3) is 4.16. The first-order valence-corrected chi connectivity index (χ1v) is 7.99. The molecule has 0 fully saturated rings. The maximum atomic E-state index is 12.2. The second kappa shape index (κ2) is 7.68. The van der Waals surface area contributed by atoms with Gasteiger partial charge in [-0.3, -0.25) is 9.78 Å². The summed E-state index contributed by atoms with van der Waals surface area (Å²) in [5.74, 6) is 1.62. The number of carbonyl (C=O) groups excluding carboxylic acids is 1. The van der Waals surface area contributed by atoms with Crippen molar-refractivity contribution in [1.29, 1.82) is 0 Å². The number of aromatic nitrogens is 1. The second-order valence-electron chi connectivity index (χ2n) is 5.67. The number of nitrogens with one attached hydrogen (secondary N) is 1. The van der Waals surface area contributed by atoms with Crippen LogP contribution >= 0.6 is 0 Å². The summed E-state index contributed by atoms with van der Waals surface area (Å²) in [6, 6.07) is 9.62. The van der Waals surface area contributed by atoms with Crippen LogP contribution in [0, 0.1) is 0 Å². The fourth-order valence-electron chi connectivity index (χ4n) is 2.48. The molecule has 126 valence electrons. The molecule has 0 aliphatic carbocycles. The third-order valence-electron chi connectivity index (χ3n) is 3.95. The Hall–Kier alpha value is -2.76. The first kappa shape index (κ1) is 16.1. The van der Waals surface area contributed by atoms with Gasteiger partial charge in [-0.1, -0.05) is 0 Å². The molecule has 0 saturated carbocycles. The summed E-state index contributed by atoms with van der Waals surface area (Å²) in [7, 11) is 1.84. The van der Waals surface area contributed by atoms with Gasteiger partial charge in [0.2, 0.25) is 12.7 Å². The minimum atomic E-state index is 0.122. The van der Waals surface area contributed by atoms with Crippen LogP contribution in [0.4, 0.5) is 5.69 Å². The molecule has 1 aliphatic rings. The lowest BCUT2D eigenvalue weighted by atomic mass is 10.2. The molecule has 2 aromatic rings. The molecule has 1 aliphatic heterocycles. The van der Waals surface area contributed by atoms with E-state index in [1.165, 1.54) is 5.56 Å². The van der Waals surface area contributed by atoms with Gasteiger partial charge in [0.25, 0.3) is 0 Å². The highest BCUT2D eigenvalue weighted by Gasteiger charge is 2.13. The zero-order valence-corrected chi connectivity index (χ0v) is 13.7. The van der Waals surface area contributed by atoms with Crippen molar-refractivity contribution < 1.29 is 14.3 Å². The first-order chi connectivity index (χ1) is 11.7. The molecule has 0 bridgehead atoms. The number of nitrogens with zero attached hydrogens (tertiary/aromatic N) is 2. The quantitative estimate of drug-likeness (QED) is 0.845. The Morgan fingerprint density at radius 1 is 1.21 bits per heavy atom. The summed E-state index contributed by atoms with van der Waals surface area (Å²) in [4.78, 5) is 17.9. The summed E-state index contributed by atoms with van der Waals surface area (Å²) < 4.78 is 10.6. The lowest BCUT2D eigenvalue weighted by Crippen LogP contribution is -2.30. The van der Waals surface area contributed by atoms with E-state index in [1.54, 1.807) is 17.3 Å². The Kier molecular flexibility index (Phi) is 5.15. The first-order valence-electron chi connectivity index (χ1n) is 7.99. The van der Waals surface area contributed by atoms with Crippen molar-refractivity contribution in [3.63, 3.8) is 0 Å². The summed E-state index contributed by atoms with van der Waals surface area (Å²) in [6.07, 6.45) is 4.82. The number of hydrogen-bond donors (Lipinski definition) is 1. The largest absolute Gasteiger partial charge is 0.454 e. The van der Waals surface area contributed by atoms with E-state index in [0.29, 0.717) is 19.5 Å². The monoisotopic (exact) mass is 327 g/mol. The zero-order chi connectivity index (χ0) is 16.8. The van der Waals surface area contributed by atoms with E-state index < -0.39 is 0 Å². The second-order valence-corrected chi connectivity index (χ2v) is 5.67. The zero-order valence-electron chi connectivity index (χ0n) is 13.7. The van der Waals surface area contributed by atoms with Crippen molar-refractivity contribution in [3.8, 4) is 11.5 Å². The van der Waals surface area contributed by atoms with Crippen LogP contribution in [-0.4, -0.2) is 42.7 Å². The smallest absolute Gasteiger partial charge is 0.231 e. The van der Waals surface area contributed by atoms with Crippen LogP contribution in [0.5, 0.6) is 11.5 Å². The maximum absolute atomic E-state index is 12.2. The van der Waals surface area contributed by atoms with Crippen LogP contribution in [0.25, 0.3) is 0 Å². The van der Waals surface area contributed by atoms with Crippen molar-refractivity contribution in [1.82, 2.24) is 9.88 Å². The van der Waals surface area contributed by atoms with Crippen LogP contribution in [-0.2, 0) is 11.2 Å². The molecule has 1 amide bonds. The van der Waals surface area contributed by atoms with Crippen molar-refractivity contribution in [2.75, 3.05) is 32.2 Å². The van der Waals surface area contributed by atoms with Crippen LogP contribution in [0.3, 0.4) is 0 Å². The van der Waals surface area contributed by atoms with Gasteiger partial charge in [-0.25, -0.2) is 0 Å². The van der Waals surface area contributed by atoms with E-state index in [2.05, 4.69) is 10.3 Å². The minimum absolute atomic E-state index is 0.122. The Morgan fingerprint density at radius 3 is 2.83 bits per heavy atom. The average Bonchev–Trinajstić information content (AvgIpc) is 3.08. The molecular formula is C18H21N3O3. The number of fused-ring (bicyclic) bond motifs is 1. The lowest BCUT2D eigenvalue weighted by molar-refractivity contribution is -0.129. The van der Waals surface area contributed by atoms with E-state index in [4.69, 9.17) is 9.47 Å². The molecule has 6 nitrogen and oxygen atoms in total. The Bertz CT molecular complexity index is 691. The summed E-state index contributed by atoms with van der Waals surface area (Å²) in [5, 5.41) is 3.24. The predicted molar refractivity (Wildman–Crippen MR) is 91.2 cm³/mol. The van der Waals surface area contributed by atoms with Gasteiger partial charge in [-0.2, -0.15) is 0 Å². The van der Waals surface area contributed by atoms with E-state index >= 15 is 0 Å². The molecule has 2 heterocycles. The van der Waals surface area contributed by atoms with Crippen LogP contribution < -0.4 is 14.8 Å². The Labute approximate surface area is 141 Å². The molecule has 3 rings (SSSR count). The number of hydrogen-bond acceptors (Lipinski definition) is 5. The summed E-state index contributed by atoms with van der Waals surface area (Å²) in [5.41, 5.74) is 2.11. The molecule has 24 heavy (non-hydrogen) atoms. The molecule has 6 heteroatoms. The van der Waals surface area contributed by atoms with E-state index in [-0.39, 0.29) is 12.7 Å². The normalized spacial score (nSPS) is 12.0. The predicted octanol–water partition coefficient (Wildman–Crippen LogP) is 2.31. The van der Waals surface area contributed by atoms with Gasteiger partial charge in [0.15, 0.2) is 11.5 Å². The molecule has 1 aromatic heterocycles. The molecular weight excluding hydrogens is 306 g/mol.